The van der Waals surface area contributed by atoms with E-state index >= 15 is 0 Å². The Labute approximate surface area is 180 Å². The molecule has 1 amide bonds. The largest absolute Gasteiger partial charge is 0.325 e. The number of para-hydroxylation sites is 2. The van der Waals surface area contributed by atoms with Gasteiger partial charge in [-0.25, -0.2) is 4.98 Å². The minimum Gasteiger partial charge on any atom is -0.325 e. The quantitative estimate of drug-likeness (QED) is 0.371. The van der Waals surface area contributed by atoms with Crippen molar-refractivity contribution in [3.8, 4) is 11.4 Å². The summed E-state index contributed by atoms with van der Waals surface area (Å²) in [5.41, 5.74) is 3.09. The van der Waals surface area contributed by atoms with Gasteiger partial charge in [0.2, 0.25) is 5.91 Å². The first-order chi connectivity index (χ1) is 13.5. The molecule has 0 aliphatic carbocycles. The number of fused-ring (bicyclic) bond motifs is 1. The Hall–Kier alpha value is -2.34. The number of hydrogen-bond acceptors (Lipinski definition) is 2. The summed E-state index contributed by atoms with van der Waals surface area (Å²) in [4.78, 5) is 17.4. The molecule has 3 aromatic carbocycles. The minimum atomic E-state index is -0.156. The SMILES string of the molecule is O=C(Cn1c(-c2ccc(Cl)cc2Cl)nc2ccccc21)Nc1ccc(Br)cc1. The lowest BCUT2D eigenvalue weighted by atomic mass is 10.2. The summed E-state index contributed by atoms with van der Waals surface area (Å²) in [5.74, 6) is 0.464. The number of aromatic nitrogens is 2. The first-order valence-corrected chi connectivity index (χ1v) is 10.0. The fourth-order valence-electron chi connectivity index (χ4n) is 2.99. The smallest absolute Gasteiger partial charge is 0.244 e. The molecule has 1 N–H and O–H groups in total. The van der Waals surface area contributed by atoms with E-state index in [2.05, 4.69) is 21.2 Å². The number of benzene rings is 3. The second kappa shape index (κ2) is 7.95. The van der Waals surface area contributed by atoms with Crippen LogP contribution in [0.3, 0.4) is 0 Å². The lowest BCUT2D eigenvalue weighted by Gasteiger charge is -2.11. The lowest BCUT2D eigenvalue weighted by molar-refractivity contribution is -0.116. The molecule has 0 unspecified atom stereocenters. The standard InChI is InChI=1S/C21H14BrCl2N3O/c22-13-5-8-15(9-6-13)25-20(28)12-27-19-4-2-1-3-18(19)26-21(27)16-10-7-14(23)11-17(16)24/h1-11H,12H2,(H,25,28). The van der Waals surface area contributed by atoms with Crippen LogP contribution in [-0.4, -0.2) is 15.5 Å². The summed E-state index contributed by atoms with van der Waals surface area (Å²) >= 11 is 15.8. The summed E-state index contributed by atoms with van der Waals surface area (Å²) < 4.78 is 2.81. The highest BCUT2D eigenvalue weighted by atomic mass is 79.9. The van der Waals surface area contributed by atoms with Crippen molar-refractivity contribution in [1.82, 2.24) is 9.55 Å². The zero-order valence-corrected chi connectivity index (χ0v) is 17.6. The molecule has 1 heterocycles. The van der Waals surface area contributed by atoms with Crippen LogP contribution in [0.1, 0.15) is 0 Å². The number of amides is 1. The van der Waals surface area contributed by atoms with Crippen LogP contribution >= 0.6 is 39.1 Å². The lowest BCUT2D eigenvalue weighted by Crippen LogP contribution is -2.19. The second-order valence-electron chi connectivity index (χ2n) is 6.19. The molecule has 0 aliphatic rings. The molecule has 1 aromatic heterocycles. The van der Waals surface area contributed by atoms with Gasteiger partial charge in [-0.05, 0) is 54.6 Å². The van der Waals surface area contributed by atoms with Crippen molar-refractivity contribution in [2.45, 2.75) is 6.54 Å². The normalized spacial score (nSPS) is 11.0. The van der Waals surface area contributed by atoms with Crippen molar-refractivity contribution >= 4 is 61.8 Å². The van der Waals surface area contributed by atoms with Crippen molar-refractivity contribution in [2.75, 3.05) is 5.32 Å². The Morgan fingerprint density at radius 1 is 1.04 bits per heavy atom. The zero-order chi connectivity index (χ0) is 19.7. The van der Waals surface area contributed by atoms with E-state index in [1.807, 2.05) is 59.2 Å². The van der Waals surface area contributed by atoms with E-state index in [4.69, 9.17) is 28.2 Å². The van der Waals surface area contributed by atoms with E-state index in [9.17, 15) is 4.79 Å². The Kier molecular flexibility index (Phi) is 5.40. The Morgan fingerprint density at radius 3 is 2.54 bits per heavy atom. The van der Waals surface area contributed by atoms with Crippen LogP contribution in [0.2, 0.25) is 10.0 Å². The molecule has 4 rings (SSSR count). The average molecular weight is 475 g/mol. The molecule has 0 saturated heterocycles. The summed E-state index contributed by atoms with van der Waals surface area (Å²) in [6, 6.07) is 20.3. The number of halogens is 3. The van der Waals surface area contributed by atoms with E-state index in [1.165, 1.54) is 0 Å². The van der Waals surface area contributed by atoms with Crippen LogP contribution in [0.4, 0.5) is 5.69 Å². The van der Waals surface area contributed by atoms with Gasteiger partial charge in [-0.15, -0.1) is 0 Å². The van der Waals surface area contributed by atoms with E-state index in [1.54, 1.807) is 12.1 Å². The predicted molar refractivity (Wildman–Crippen MR) is 118 cm³/mol. The minimum absolute atomic E-state index is 0.102. The topological polar surface area (TPSA) is 46.9 Å². The van der Waals surface area contributed by atoms with E-state index in [0.29, 0.717) is 15.9 Å². The van der Waals surface area contributed by atoms with Crippen LogP contribution in [0.5, 0.6) is 0 Å². The highest BCUT2D eigenvalue weighted by Gasteiger charge is 2.17. The van der Waals surface area contributed by atoms with Gasteiger partial charge in [0.25, 0.3) is 0 Å². The van der Waals surface area contributed by atoms with Gasteiger partial charge >= 0.3 is 0 Å². The van der Waals surface area contributed by atoms with Crippen molar-refractivity contribution in [3.05, 3.63) is 81.2 Å². The zero-order valence-electron chi connectivity index (χ0n) is 14.5. The van der Waals surface area contributed by atoms with Gasteiger partial charge in [-0.3, -0.25) is 4.79 Å². The molecule has 4 aromatic rings. The number of carbonyl (C=O) groups is 1. The molecule has 28 heavy (non-hydrogen) atoms. The van der Waals surface area contributed by atoms with Crippen molar-refractivity contribution in [1.29, 1.82) is 0 Å². The number of carbonyl (C=O) groups excluding carboxylic acids is 1. The van der Waals surface area contributed by atoms with Crippen LogP contribution < -0.4 is 5.32 Å². The molecular formula is C21H14BrCl2N3O. The van der Waals surface area contributed by atoms with Gasteiger partial charge in [0, 0.05) is 20.7 Å². The third kappa shape index (κ3) is 3.92. The van der Waals surface area contributed by atoms with E-state index < -0.39 is 0 Å². The maximum absolute atomic E-state index is 12.7. The molecule has 7 heteroatoms. The van der Waals surface area contributed by atoms with Gasteiger partial charge in [-0.1, -0.05) is 51.3 Å². The number of hydrogen-bond donors (Lipinski definition) is 1. The molecule has 0 radical (unpaired) electrons. The molecule has 0 saturated carbocycles. The van der Waals surface area contributed by atoms with Gasteiger partial charge < -0.3 is 9.88 Å². The highest BCUT2D eigenvalue weighted by molar-refractivity contribution is 9.10. The number of imidazole rings is 1. The Bertz CT molecular complexity index is 1170. The van der Waals surface area contributed by atoms with Crippen molar-refractivity contribution in [2.24, 2.45) is 0 Å². The van der Waals surface area contributed by atoms with Gasteiger partial charge in [-0.2, -0.15) is 0 Å². The Morgan fingerprint density at radius 2 is 1.79 bits per heavy atom. The maximum atomic E-state index is 12.7. The van der Waals surface area contributed by atoms with Gasteiger partial charge in [0.05, 0.1) is 16.1 Å². The Balaban J connectivity index is 1.72. The third-order valence-electron chi connectivity index (χ3n) is 4.26. The number of nitrogens with zero attached hydrogens (tertiary/aromatic N) is 2. The van der Waals surface area contributed by atoms with Crippen molar-refractivity contribution in [3.63, 3.8) is 0 Å². The molecule has 140 valence electrons. The van der Waals surface area contributed by atoms with Gasteiger partial charge in [0.1, 0.15) is 12.4 Å². The molecular weight excluding hydrogens is 461 g/mol. The number of rotatable bonds is 4. The molecule has 0 fully saturated rings. The molecule has 4 nitrogen and oxygen atoms in total. The summed E-state index contributed by atoms with van der Waals surface area (Å²) in [6.07, 6.45) is 0. The monoisotopic (exact) mass is 473 g/mol. The number of nitrogens with one attached hydrogen (secondary N) is 1. The van der Waals surface area contributed by atoms with E-state index in [-0.39, 0.29) is 12.5 Å². The first kappa shape index (κ1) is 19.0. The fourth-order valence-corrected chi connectivity index (χ4v) is 3.75. The third-order valence-corrected chi connectivity index (χ3v) is 5.33. The summed E-state index contributed by atoms with van der Waals surface area (Å²) in [5, 5.41) is 3.94. The van der Waals surface area contributed by atoms with E-state index in [0.717, 1.165) is 26.8 Å². The molecule has 0 aliphatic heterocycles. The first-order valence-electron chi connectivity index (χ1n) is 8.47. The van der Waals surface area contributed by atoms with Crippen LogP contribution in [0, 0.1) is 0 Å². The fraction of sp³-hybridized carbons (Fsp3) is 0.0476. The summed E-state index contributed by atoms with van der Waals surface area (Å²) in [6.45, 7) is 0.102. The van der Waals surface area contributed by atoms with Crippen LogP contribution in [-0.2, 0) is 11.3 Å². The molecule has 0 atom stereocenters. The maximum Gasteiger partial charge on any atom is 0.244 e. The second-order valence-corrected chi connectivity index (χ2v) is 7.95. The van der Waals surface area contributed by atoms with Gasteiger partial charge in [0.15, 0.2) is 0 Å². The molecule has 0 spiro atoms. The summed E-state index contributed by atoms with van der Waals surface area (Å²) in [7, 11) is 0. The highest BCUT2D eigenvalue weighted by Crippen LogP contribution is 2.32. The molecule has 0 bridgehead atoms. The average Bonchev–Trinajstić information content (AvgIpc) is 3.02. The van der Waals surface area contributed by atoms with Crippen molar-refractivity contribution < 1.29 is 4.79 Å². The van der Waals surface area contributed by atoms with Crippen LogP contribution in [0.15, 0.2) is 71.2 Å². The number of anilines is 1. The predicted octanol–water partition coefficient (Wildman–Crippen LogP) is 6.41. The van der Waals surface area contributed by atoms with Crippen LogP contribution in [0.25, 0.3) is 22.4 Å².